The SMILES string of the molecule is CC(C)c1ccc(N(c2ccc3cc(C(C)C)ccc3c2)c2cc3c4ccc(C(C)(C)C)cc4c(N(c4ccc(C(C)C)cc4)c4ccc5cc(C(C)C)ccc5c4)cc3c3ccccc23)cc1. The van der Waals surface area contributed by atoms with Gasteiger partial charge in [0.15, 0.2) is 0 Å². The Balaban J connectivity index is 1.27. The summed E-state index contributed by atoms with van der Waals surface area (Å²) < 4.78 is 0. The summed E-state index contributed by atoms with van der Waals surface area (Å²) in [5, 5.41) is 12.4. The van der Waals surface area contributed by atoms with Crippen LogP contribution in [0.5, 0.6) is 0 Å². The zero-order valence-corrected chi connectivity index (χ0v) is 41.9. The van der Waals surface area contributed by atoms with E-state index in [0.29, 0.717) is 23.7 Å². The van der Waals surface area contributed by atoms with Crippen LogP contribution in [0.1, 0.15) is 128 Å². The first kappa shape index (κ1) is 44.9. The van der Waals surface area contributed by atoms with E-state index in [1.54, 1.807) is 0 Å². The lowest BCUT2D eigenvalue weighted by Gasteiger charge is -2.31. The third-order valence-electron chi connectivity index (χ3n) is 14.5. The summed E-state index contributed by atoms with van der Waals surface area (Å²) in [5.74, 6) is 1.81. The Kier molecular flexibility index (Phi) is 11.6. The topological polar surface area (TPSA) is 6.48 Å². The standard InChI is InChI=1S/C66H66N2/c1-41(2)45-20-27-54(28-21-45)67(56-31-24-49-34-47(43(5)6)16-18-51(49)36-56)64-39-62-59-33-26-53(66(9,10)11)38-63(59)65(40-61(62)58-14-12-13-15-60(58)64)68(55-29-22-46(23-30-55)42(3)4)57-32-25-50-35-48(44(7)8)17-19-52(50)37-57/h12-44H,1-11H3. The first-order valence-electron chi connectivity index (χ1n) is 24.9. The molecule has 0 spiro atoms. The molecule has 0 saturated carbocycles. The van der Waals surface area contributed by atoms with Gasteiger partial charge in [-0.25, -0.2) is 0 Å². The predicted molar refractivity (Wildman–Crippen MR) is 298 cm³/mol. The Morgan fingerprint density at radius 3 is 1.10 bits per heavy atom. The van der Waals surface area contributed by atoms with E-state index < -0.39 is 0 Å². The molecule has 10 aromatic carbocycles. The first-order chi connectivity index (χ1) is 32.6. The van der Waals surface area contributed by atoms with E-state index in [1.807, 2.05) is 0 Å². The molecule has 340 valence electrons. The van der Waals surface area contributed by atoms with Gasteiger partial charge in [0.05, 0.1) is 11.4 Å². The quantitative estimate of drug-likeness (QED) is 0.126. The summed E-state index contributed by atoms with van der Waals surface area (Å²) in [6.07, 6.45) is 0. The minimum Gasteiger partial charge on any atom is -0.310 e. The normalized spacial score (nSPS) is 12.3. The van der Waals surface area contributed by atoms with Crippen molar-refractivity contribution in [1.82, 2.24) is 0 Å². The van der Waals surface area contributed by atoms with Gasteiger partial charge in [-0.1, -0.05) is 185 Å². The van der Waals surface area contributed by atoms with E-state index >= 15 is 0 Å². The van der Waals surface area contributed by atoms with Crippen molar-refractivity contribution in [1.29, 1.82) is 0 Å². The molecule has 0 aliphatic heterocycles. The average Bonchev–Trinajstić information content (AvgIpc) is 3.33. The minimum atomic E-state index is -0.0548. The fraction of sp³-hybridized carbons (Fsp3) is 0.242. The number of benzene rings is 10. The van der Waals surface area contributed by atoms with Gasteiger partial charge in [0.1, 0.15) is 0 Å². The van der Waals surface area contributed by atoms with Gasteiger partial charge in [0.2, 0.25) is 0 Å². The number of hydrogen-bond acceptors (Lipinski definition) is 2. The maximum atomic E-state index is 2.51. The highest BCUT2D eigenvalue weighted by molar-refractivity contribution is 6.25. The maximum absolute atomic E-state index is 2.51. The summed E-state index contributed by atoms with van der Waals surface area (Å²) in [7, 11) is 0. The molecular weight excluding hydrogens is 821 g/mol. The van der Waals surface area contributed by atoms with E-state index in [4.69, 9.17) is 0 Å². The molecule has 2 heteroatoms. The molecule has 0 unspecified atom stereocenters. The van der Waals surface area contributed by atoms with Gasteiger partial charge in [-0.3, -0.25) is 0 Å². The summed E-state index contributed by atoms with van der Waals surface area (Å²) in [5.41, 5.74) is 13.5. The average molecular weight is 887 g/mol. The summed E-state index contributed by atoms with van der Waals surface area (Å²) >= 11 is 0. The van der Waals surface area contributed by atoms with Crippen molar-refractivity contribution in [2.24, 2.45) is 0 Å². The lowest BCUT2D eigenvalue weighted by molar-refractivity contribution is 0.591. The van der Waals surface area contributed by atoms with Crippen molar-refractivity contribution in [3.8, 4) is 0 Å². The zero-order valence-electron chi connectivity index (χ0n) is 41.9. The monoisotopic (exact) mass is 887 g/mol. The molecule has 0 aliphatic carbocycles. The van der Waals surface area contributed by atoms with Crippen LogP contribution in [0.15, 0.2) is 176 Å². The third kappa shape index (κ3) is 8.29. The van der Waals surface area contributed by atoms with Gasteiger partial charge in [-0.2, -0.15) is 0 Å². The van der Waals surface area contributed by atoms with Crippen LogP contribution < -0.4 is 9.80 Å². The molecule has 0 bridgehead atoms. The maximum Gasteiger partial charge on any atom is 0.0546 e. The Labute approximate surface area is 404 Å². The van der Waals surface area contributed by atoms with Crippen molar-refractivity contribution < 1.29 is 0 Å². The van der Waals surface area contributed by atoms with Crippen LogP contribution in [-0.2, 0) is 5.41 Å². The van der Waals surface area contributed by atoms with Crippen LogP contribution in [0.2, 0.25) is 0 Å². The van der Waals surface area contributed by atoms with Gasteiger partial charge in [-0.05, 0) is 167 Å². The van der Waals surface area contributed by atoms with Gasteiger partial charge >= 0.3 is 0 Å². The molecule has 10 rings (SSSR count). The molecule has 0 amide bonds. The molecular formula is C66H66N2. The third-order valence-corrected chi connectivity index (χ3v) is 14.5. The van der Waals surface area contributed by atoms with Crippen molar-refractivity contribution >= 4 is 88.0 Å². The van der Waals surface area contributed by atoms with Gasteiger partial charge < -0.3 is 9.80 Å². The van der Waals surface area contributed by atoms with E-state index in [9.17, 15) is 0 Å². The van der Waals surface area contributed by atoms with E-state index in [2.05, 4.69) is 262 Å². The fourth-order valence-corrected chi connectivity index (χ4v) is 10.2. The van der Waals surface area contributed by atoms with Crippen molar-refractivity contribution in [3.05, 3.63) is 204 Å². The molecule has 0 saturated heterocycles. The van der Waals surface area contributed by atoms with Crippen LogP contribution in [0.3, 0.4) is 0 Å². The van der Waals surface area contributed by atoms with Crippen LogP contribution in [0.25, 0.3) is 53.9 Å². The van der Waals surface area contributed by atoms with E-state index in [1.165, 1.54) is 87.4 Å². The molecule has 0 atom stereocenters. The number of rotatable bonds is 10. The molecule has 68 heavy (non-hydrogen) atoms. The van der Waals surface area contributed by atoms with Crippen molar-refractivity contribution in [2.75, 3.05) is 9.80 Å². The lowest BCUT2D eigenvalue weighted by Crippen LogP contribution is -2.13. The Morgan fingerprint density at radius 2 is 0.662 bits per heavy atom. The summed E-state index contributed by atoms with van der Waals surface area (Å²) in [6.45, 7) is 25.2. The van der Waals surface area contributed by atoms with Crippen LogP contribution in [0, 0.1) is 0 Å². The van der Waals surface area contributed by atoms with Crippen molar-refractivity contribution in [2.45, 2.75) is 105 Å². The molecule has 2 nitrogen and oxygen atoms in total. The predicted octanol–water partition coefficient (Wildman–Crippen LogP) is 20.2. The highest BCUT2D eigenvalue weighted by atomic mass is 15.2. The Hall–Kier alpha value is -6.90. The zero-order chi connectivity index (χ0) is 47.6. The molecule has 10 aromatic rings. The second kappa shape index (κ2) is 17.6. The van der Waals surface area contributed by atoms with Gasteiger partial charge in [-0.15, -0.1) is 0 Å². The van der Waals surface area contributed by atoms with Crippen LogP contribution in [0.4, 0.5) is 34.1 Å². The Morgan fingerprint density at radius 1 is 0.294 bits per heavy atom. The minimum absolute atomic E-state index is 0.0548. The van der Waals surface area contributed by atoms with Crippen LogP contribution >= 0.6 is 0 Å². The lowest BCUT2D eigenvalue weighted by atomic mass is 9.84. The smallest absolute Gasteiger partial charge is 0.0546 e. The molecule has 0 aliphatic rings. The summed E-state index contributed by atoms with van der Waals surface area (Å²) in [4.78, 5) is 5.01. The number of fused-ring (bicyclic) bond motifs is 7. The highest BCUT2D eigenvalue weighted by Crippen LogP contribution is 2.49. The van der Waals surface area contributed by atoms with Crippen molar-refractivity contribution in [3.63, 3.8) is 0 Å². The molecule has 0 radical (unpaired) electrons. The van der Waals surface area contributed by atoms with E-state index in [0.717, 1.165) is 28.4 Å². The number of hydrogen-bond donors (Lipinski definition) is 0. The largest absolute Gasteiger partial charge is 0.310 e. The summed E-state index contributed by atoms with van der Waals surface area (Å²) in [6, 6.07) is 67.7. The number of anilines is 6. The number of nitrogens with zero attached hydrogens (tertiary/aromatic N) is 2. The molecule has 0 heterocycles. The van der Waals surface area contributed by atoms with Crippen LogP contribution in [-0.4, -0.2) is 0 Å². The van der Waals surface area contributed by atoms with E-state index in [-0.39, 0.29) is 5.41 Å². The first-order valence-corrected chi connectivity index (χ1v) is 24.9. The second-order valence-electron chi connectivity index (χ2n) is 21.5. The second-order valence-corrected chi connectivity index (χ2v) is 21.5. The molecule has 0 fully saturated rings. The van der Waals surface area contributed by atoms with Gasteiger partial charge in [0, 0.05) is 33.5 Å². The molecule has 0 N–H and O–H groups in total. The fourth-order valence-electron chi connectivity index (χ4n) is 10.2. The van der Waals surface area contributed by atoms with Gasteiger partial charge in [0.25, 0.3) is 0 Å². The Bertz CT molecular complexity index is 3490. The highest BCUT2D eigenvalue weighted by Gasteiger charge is 2.25. The molecule has 0 aromatic heterocycles.